The van der Waals surface area contributed by atoms with Crippen molar-refractivity contribution in [3.05, 3.63) is 191 Å². The Labute approximate surface area is 355 Å². The Balaban J connectivity index is 0.000000228. The zero-order valence-electron chi connectivity index (χ0n) is 35.3. The van der Waals surface area contributed by atoms with Gasteiger partial charge in [0.1, 0.15) is 23.0 Å². The van der Waals surface area contributed by atoms with Crippen LogP contribution in [0.2, 0.25) is 0 Å². The molecule has 6 aromatic carbocycles. The third kappa shape index (κ3) is 14.4. The van der Waals surface area contributed by atoms with E-state index in [-0.39, 0.29) is 11.8 Å². The van der Waals surface area contributed by atoms with E-state index in [4.69, 9.17) is 18.9 Å². The fourth-order valence-corrected chi connectivity index (χ4v) is 7.19. The van der Waals surface area contributed by atoms with E-state index < -0.39 is 0 Å². The lowest BCUT2D eigenvalue weighted by Gasteiger charge is -2.18. The summed E-state index contributed by atoms with van der Waals surface area (Å²) in [4.78, 5) is 25.1. The van der Waals surface area contributed by atoms with Crippen molar-refractivity contribution in [2.45, 2.75) is 63.5 Å². The van der Waals surface area contributed by atoms with Crippen molar-refractivity contribution >= 4 is 11.8 Å². The molecule has 0 fully saturated rings. The van der Waals surface area contributed by atoms with E-state index in [9.17, 15) is 9.59 Å². The number of ether oxygens (including phenoxy) is 4. The molecule has 8 heteroatoms. The fraction of sp³-hybridized carbons (Fsp3) is 0.269. The van der Waals surface area contributed by atoms with Gasteiger partial charge in [0, 0.05) is 49.2 Å². The minimum absolute atomic E-state index is 0.0434. The number of methoxy groups -OCH3 is 4. The number of carbonyl (C=O) groups is 2. The van der Waals surface area contributed by atoms with Crippen molar-refractivity contribution in [1.82, 2.24) is 10.6 Å². The van der Waals surface area contributed by atoms with Gasteiger partial charge in [0.15, 0.2) is 0 Å². The lowest BCUT2D eigenvalue weighted by molar-refractivity contribution is -0.122. The molecule has 0 aliphatic rings. The van der Waals surface area contributed by atoms with Gasteiger partial charge >= 0.3 is 0 Å². The molecule has 2 atom stereocenters. The molecule has 6 aromatic rings. The summed E-state index contributed by atoms with van der Waals surface area (Å²) in [5.41, 5.74) is 6.97. The number of hydrogen-bond acceptors (Lipinski definition) is 6. The third-order valence-corrected chi connectivity index (χ3v) is 10.6. The summed E-state index contributed by atoms with van der Waals surface area (Å²) in [6.07, 6.45) is 4.39. The van der Waals surface area contributed by atoms with Gasteiger partial charge in [-0.05, 0) is 84.0 Å². The Hall–Kier alpha value is -6.54. The lowest BCUT2D eigenvalue weighted by Crippen LogP contribution is -2.23. The highest BCUT2D eigenvalue weighted by atomic mass is 16.5. The molecule has 0 unspecified atom stereocenters. The number of amides is 2. The van der Waals surface area contributed by atoms with Gasteiger partial charge in [-0.2, -0.15) is 0 Å². The van der Waals surface area contributed by atoms with Gasteiger partial charge in [-0.3, -0.25) is 9.59 Å². The van der Waals surface area contributed by atoms with Crippen LogP contribution in [0.4, 0.5) is 0 Å². The first-order valence-electron chi connectivity index (χ1n) is 20.5. The van der Waals surface area contributed by atoms with Crippen molar-refractivity contribution in [3.8, 4) is 23.0 Å². The molecule has 0 heterocycles. The van der Waals surface area contributed by atoms with Crippen LogP contribution < -0.4 is 29.6 Å². The monoisotopic (exact) mass is 806 g/mol. The highest BCUT2D eigenvalue weighted by Crippen LogP contribution is 2.29. The largest absolute Gasteiger partial charge is 0.497 e. The molecular weight excluding hydrogens is 749 g/mol. The summed E-state index contributed by atoms with van der Waals surface area (Å²) in [5, 5.41) is 6.04. The minimum atomic E-state index is 0.0434. The van der Waals surface area contributed by atoms with Crippen molar-refractivity contribution in [2.75, 3.05) is 28.4 Å². The van der Waals surface area contributed by atoms with E-state index in [2.05, 4.69) is 108 Å². The Bertz CT molecular complexity index is 2010. The molecule has 0 aliphatic carbocycles. The summed E-state index contributed by atoms with van der Waals surface area (Å²) in [6, 6.07) is 53.0. The standard InChI is InChI=1S/2C26H29NO3/c2*1-29-24-15-13-23(25(18-24)30-2)19-27-26(28)16-14-22(21-11-7-4-8-12-21)17-20-9-5-3-6-10-20/h2*3-13,15,18,22H,14,16-17,19H2,1-2H3,(H,27,28)/t2*22-/m10/s1. The number of rotatable bonds is 20. The molecule has 2 amide bonds. The van der Waals surface area contributed by atoms with Gasteiger partial charge in [-0.1, -0.05) is 121 Å². The Morgan fingerprint density at radius 3 is 1.13 bits per heavy atom. The van der Waals surface area contributed by atoms with Crippen molar-refractivity contribution in [3.63, 3.8) is 0 Å². The summed E-state index contributed by atoms with van der Waals surface area (Å²) in [7, 11) is 6.48. The fourth-order valence-electron chi connectivity index (χ4n) is 7.19. The first-order chi connectivity index (χ1) is 29.4. The molecule has 312 valence electrons. The minimum Gasteiger partial charge on any atom is -0.497 e. The van der Waals surface area contributed by atoms with Gasteiger partial charge in [0.05, 0.1) is 28.4 Å². The molecule has 0 aromatic heterocycles. The Morgan fingerprint density at radius 1 is 0.450 bits per heavy atom. The SMILES string of the molecule is COc1ccc(CNC(=O)CC[C@@H](Cc2ccccc2)c2ccccc2)c(OC)c1.COc1ccc(CNC(=O)CC[C@H](Cc2ccccc2)c2ccccc2)c(OC)c1. The van der Waals surface area contributed by atoms with E-state index in [1.807, 2.05) is 60.7 Å². The maximum absolute atomic E-state index is 12.6. The summed E-state index contributed by atoms with van der Waals surface area (Å²) in [5.74, 6) is 3.57. The predicted octanol–water partition coefficient (Wildman–Crippen LogP) is 10.3. The molecule has 0 spiro atoms. The first-order valence-corrected chi connectivity index (χ1v) is 20.5. The zero-order chi connectivity index (χ0) is 42.4. The molecule has 2 N–H and O–H groups in total. The smallest absolute Gasteiger partial charge is 0.220 e. The quantitative estimate of drug-likeness (QED) is 0.0798. The second-order valence-electron chi connectivity index (χ2n) is 14.6. The number of nitrogens with one attached hydrogen (secondary N) is 2. The highest BCUT2D eigenvalue weighted by molar-refractivity contribution is 5.76. The van der Waals surface area contributed by atoms with E-state index >= 15 is 0 Å². The number of carbonyl (C=O) groups excluding carboxylic acids is 2. The summed E-state index contributed by atoms with van der Waals surface area (Å²) in [6.45, 7) is 0.862. The molecule has 0 aliphatic heterocycles. The Kier molecular flexibility index (Phi) is 18.1. The summed E-state index contributed by atoms with van der Waals surface area (Å²) >= 11 is 0. The van der Waals surface area contributed by atoms with Crippen LogP contribution in [0.1, 0.15) is 70.9 Å². The third-order valence-electron chi connectivity index (χ3n) is 10.6. The van der Waals surface area contributed by atoms with Crippen LogP contribution >= 0.6 is 0 Å². The molecular formula is C52H58N2O6. The van der Waals surface area contributed by atoms with Crippen LogP contribution in [-0.4, -0.2) is 40.3 Å². The maximum Gasteiger partial charge on any atom is 0.220 e. The molecule has 8 nitrogen and oxygen atoms in total. The zero-order valence-corrected chi connectivity index (χ0v) is 35.3. The molecule has 0 saturated carbocycles. The number of hydrogen-bond donors (Lipinski definition) is 2. The van der Waals surface area contributed by atoms with Crippen molar-refractivity contribution in [1.29, 1.82) is 0 Å². The Morgan fingerprint density at radius 2 is 0.800 bits per heavy atom. The molecule has 60 heavy (non-hydrogen) atoms. The average Bonchev–Trinajstić information content (AvgIpc) is 3.31. The van der Waals surface area contributed by atoms with Crippen LogP contribution in [-0.2, 0) is 35.5 Å². The maximum atomic E-state index is 12.6. The van der Waals surface area contributed by atoms with Crippen molar-refractivity contribution < 1.29 is 28.5 Å². The van der Waals surface area contributed by atoms with Gasteiger partial charge in [0.25, 0.3) is 0 Å². The second-order valence-corrected chi connectivity index (χ2v) is 14.6. The van der Waals surface area contributed by atoms with E-state index in [1.54, 1.807) is 28.4 Å². The van der Waals surface area contributed by atoms with Crippen LogP contribution in [0.15, 0.2) is 158 Å². The molecule has 0 radical (unpaired) electrons. The molecule has 0 saturated heterocycles. The van der Waals surface area contributed by atoms with Gasteiger partial charge in [-0.15, -0.1) is 0 Å². The van der Waals surface area contributed by atoms with E-state index in [0.717, 1.165) is 48.3 Å². The van der Waals surface area contributed by atoms with Crippen LogP contribution in [0.3, 0.4) is 0 Å². The van der Waals surface area contributed by atoms with Gasteiger partial charge in [-0.25, -0.2) is 0 Å². The van der Waals surface area contributed by atoms with E-state index in [1.165, 1.54) is 22.3 Å². The van der Waals surface area contributed by atoms with Crippen LogP contribution in [0.25, 0.3) is 0 Å². The van der Waals surface area contributed by atoms with Gasteiger partial charge in [0.2, 0.25) is 11.8 Å². The van der Waals surface area contributed by atoms with Crippen LogP contribution in [0, 0.1) is 0 Å². The highest BCUT2D eigenvalue weighted by Gasteiger charge is 2.17. The first kappa shape index (κ1) is 44.6. The molecule has 0 bridgehead atoms. The predicted molar refractivity (Wildman–Crippen MR) is 240 cm³/mol. The summed E-state index contributed by atoms with van der Waals surface area (Å²) < 4.78 is 21.3. The molecule has 6 rings (SSSR count). The lowest BCUT2D eigenvalue weighted by atomic mass is 9.88. The topological polar surface area (TPSA) is 95.1 Å². The second kappa shape index (κ2) is 24.4. The van der Waals surface area contributed by atoms with Crippen molar-refractivity contribution in [2.24, 2.45) is 0 Å². The van der Waals surface area contributed by atoms with Crippen LogP contribution in [0.5, 0.6) is 23.0 Å². The average molecular weight is 807 g/mol. The van der Waals surface area contributed by atoms with Gasteiger partial charge < -0.3 is 29.6 Å². The number of benzene rings is 6. The normalized spacial score (nSPS) is 11.5. The van der Waals surface area contributed by atoms with E-state index in [0.29, 0.717) is 49.3 Å².